The van der Waals surface area contributed by atoms with Crippen LogP contribution in [0.4, 0.5) is 5.69 Å². The van der Waals surface area contributed by atoms with E-state index in [4.69, 9.17) is 10.3 Å². The normalized spacial score (nSPS) is 11.3. The molecule has 0 saturated heterocycles. The van der Waals surface area contributed by atoms with Gasteiger partial charge in [-0.3, -0.25) is 9.32 Å². The quantitative estimate of drug-likeness (QED) is 0.398. The number of carbonyl (C=O) groups is 1. The second-order valence-electron chi connectivity index (χ2n) is 7.01. The first-order valence-electron chi connectivity index (χ1n) is 9.26. The largest absolute Gasteiger partial charge is 0.439 e. The number of nitrogens with two attached hydrogens (primary N) is 1. The van der Waals surface area contributed by atoms with Crippen molar-refractivity contribution in [2.75, 3.05) is 5.73 Å². The number of benzene rings is 1. The van der Waals surface area contributed by atoms with Crippen molar-refractivity contribution in [1.29, 1.82) is 0 Å². The number of aromatic nitrogens is 3. The number of H-pyrrole nitrogens is 1. The Hall–Kier alpha value is -3.26. The molecule has 0 aliphatic carbocycles. The molecule has 0 unspecified atom stereocenters. The number of nitrogen functional groups attached to an aromatic ring is 1. The molecule has 0 fully saturated rings. The highest BCUT2D eigenvalue weighted by Gasteiger charge is 2.35. The molecule has 0 bridgehead atoms. The minimum absolute atomic E-state index is 0.128. The van der Waals surface area contributed by atoms with E-state index in [-0.39, 0.29) is 10.6 Å². The summed E-state index contributed by atoms with van der Waals surface area (Å²) in [6.07, 6.45) is 0.827. The topological polar surface area (TPSA) is 106 Å². The first kappa shape index (κ1) is 19.1. The summed E-state index contributed by atoms with van der Waals surface area (Å²) in [5.74, 6) is -0.490. The number of pyridine rings is 1. The summed E-state index contributed by atoms with van der Waals surface area (Å²) < 4.78 is 6.27. The van der Waals surface area contributed by atoms with E-state index in [1.54, 1.807) is 12.1 Å². The van der Waals surface area contributed by atoms with Gasteiger partial charge in [0, 0.05) is 23.2 Å². The average molecular weight is 409 g/mol. The number of fused-ring (bicyclic) bond motifs is 1. The highest BCUT2D eigenvalue weighted by molar-refractivity contribution is 7.21. The van der Waals surface area contributed by atoms with Crippen LogP contribution in [0.2, 0.25) is 0 Å². The van der Waals surface area contributed by atoms with Crippen LogP contribution in [0.25, 0.3) is 15.9 Å². The lowest BCUT2D eigenvalue weighted by Crippen LogP contribution is -2.41. The number of hydrogen-bond donors (Lipinski definition) is 2. The van der Waals surface area contributed by atoms with Crippen LogP contribution in [-0.2, 0) is 6.42 Å². The van der Waals surface area contributed by atoms with Gasteiger partial charge in [-0.25, -0.2) is 9.78 Å². The number of ketones is 1. The Kier molecular flexibility index (Phi) is 4.58. The number of nitrogens with zero attached hydrogens (tertiary/aromatic N) is 2. The molecule has 148 valence electrons. The molecule has 0 radical (unpaired) electrons. The summed E-state index contributed by atoms with van der Waals surface area (Å²) in [6, 6.07) is 7.37. The van der Waals surface area contributed by atoms with Crippen molar-refractivity contribution in [3.8, 4) is 5.69 Å². The van der Waals surface area contributed by atoms with Crippen molar-refractivity contribution in [3.05, 3.63) is 67.6 Å². The van der Waals surface area contributed by atoms with E-state index in [0.717, 1.165) is 34.2 Å². The molecule has 29 heavy (non-hydrogen) atoms. The van der Waals surface area contributed by atoms with Gasteiger partial charge in [0.25, 0.3) is 5.78 Å². The second kappa shape index (κ2) is 6.97. The Labute approximate surface area is 170 Å². The number of rotatable bonds is 4. The summed E-state index contributed by atoms with van der Waals surface area (Å²) in [5.41, 5.74) is 10.6. The molecule has 0 saturated carbocycles. The molecule has 1 aromatic carbocycles. The summed E-state index contributed by atoms with van der Waals surface area (Å²) in [4.78, 5) is 31.3. The highest BCUT2D eigenvalue weighted by Crippen LogP contribution is 2.37. The molecule has 7 nitrogen and oxygen atoms in total. The van der Waals surface area contributed by atoms with Gasteiger partial charge in [0.15, 0.2) is 0 Å². The number of hydrogen-bond acceptors (Lipinski definition) is 6. The minimum atomic E-state index is -0.748. The second-order valence-corrected chi connectivity index (χ2v) is 8.01. The lowest BCUT2D eigenvalue weighted by atomic mass is 10.0. The third-order valence-electron chi connectivity index (χ3n) is 5.17. The van der Waals surface area contributed by atoms with Gasteiger partial charge in [0.2, 0.25) is 5.69 Å². The lowest BCUT2D eigenvalue weighted by molar-refractivity contribution is -0.672. The number of thiophene rings is 1. The van der Waals surface area contributed by atoms with E-state index in [9.17, 15) is 9.59 Å². The monoisotopic (exact) mass is 409 g/mol. The molecule has 0 amide bonds. The van der Waals surface area contributed by atoms with Crippen molar-refractivity contribution in [3.63, 3.8) is 0 Å². The fraction of sp³-hybridized carbons (Fsp3) is 0.238. The molecule has 4 aromatic rings. The maximum absolute atomic E-state index is 13.3. The molecular formula is C21H21N4O3S+. The molecule has 3 aromatic heterocycles. The van der Waals surface area contributed by atoms with Crippen molar-refractivity contribution in [2.24, 2.45) is 0 Å². The van der Waals surface area contributed by atoms with Gasteiger partial charge in [0.05, 0.1) is 5.69 Å². The van der Waals surface area contributed by atoms with E-state index in [1.807, 2.05) is 32.9 Å². The zero-order chi connectivity index (χ0) is 20.9. The van der Waals surface area contributed by atoms with Crippen LogP contribution in [0.15, 0.2) is 33.6 Å². The maximum atomic E-state index is 13.3. The minimum Gasteiger partial charge on any atom is -0.397 e. The SMILES string of the molecule is CCc1c(C)nc2sc(C(=O)c3c(=O)o[nH][n+]3-c3ccc(C)cc3)c(N)c2c1C. The zero-order valence-corrected chi connectivity index (χ0v) is 17.4. The van der Waals surface area contributed by atoms with Gasteiger partial charge in [-0.15, -0.1) is 11.3 Å². The number of anilines is 1. The lowest BCUT2D eigenvalue weighted by Gasteiger charge is -2.08. The Bertz CT molecular complexity index is 1310. The van der Waals surface area contributed by atoms with E-state index in [2.05, 4.69) is 17.2 Å². The predicted molar refractivity (Wildman–Crippen MR) is 112 cm³/mol. The molecule has 0 atom stereocenters. The van der Waals surface area contributed by atoms with Crippen molar-refractivity contribution in [1.82, 2.24) is 10.3 Å². The van der Waals surface area contributed by atoms with Crippen LogP contribution in [0.1, 0.15) is 44.7 Å². The summed E-state index contributed by atoms with van der Waals surface area (Å²) in [6.45, 7) is 7.96. The molecule has 8 heteroatoms. The first-order chi connectivity index (χ1) is 13.8. The molecule has 4 rings (SSSR count). The van der Waals surface area contributed by atoms with Crippen LogP contribution >= 0.6 is 11.3 Å². The van der Waals surface area contributed by atoms with Gasteiger partial charge in [-0.05, 0) is 48.3 Å². The van der Waals surface area contributed by atoms with E-state index in [0.29, 0.717) is 16.2 Å². The third kappa shape index (κ3) is 2.96. The van der Waals surface area contributed by atoms with Gasteiger partial charge in [0.1, 0.15) is 9.71 Å². The molecule has 0 aliphatic rings. The first-order valence-corrected chi connectivity index (χ1v) is 10.1. The smallest absolute Gasteiger partial charge is 0.397 e. The zero-order valence-electron chi connectivity index (χ0n) is 16.6. The van der Waals surface area contributed by atoms with Gasteiger partial charge in [-0.2, -0.15) is 0 Å². The fourth-order valence-corrected chi connectivity index (χ4v) is 4.80. The summed E-state index contributed by atoms with van der Waals surface area (Å²) in [5, 5.41) is 3.29. The van der Waals surface area contributed by atoms with Crippen molar-refractivity contribution < 1.29 is 14.0 Å². The molecule has 0 spiro atoms. The summed E-state index contributed by atoms with van der Waals surface area (Å²) in [7, 11) is 0. The Morgan fingerprint density at radius 1 is 1.24 bits per heavy atom. The van der Waals surface area contributed by atoms with E-state index < -0.39 is 11.4 Å². The maximum Gasteiger partial charge on any atom is 0.439 e. The standard InChI is InChI=1S/C21H20N4O3S/c1-5-14-11(3)15-16(22)19(29-20(15)23-12(14)4)18(26)17-21(27)28-24-25(17)13-8-6-10(2)7-9-13/h6-9H,5H2,1-4H3,(H2-,22,24,26,27)/p+1. The molecular weight excluding hydrogens is 388 g/mol. The number of aromatic amines is 1. The van der Waals surface area contributed by atoms with Crippen LogP contribution in [0.5, 0.6) is 0 Å². The fourth-order valence-electron chi connectivity index (χ4n) is 3.65. The number of nitrogens with one attached hydrogen (secondary N) is 1. The van der Waals surface area contributed by atoms with Crippen molar-refractivity contribution in [2.45, 2.75) is 34.1 Å². The average Bonchev–Trinajstić information content (AvgIpc) is 3.22. The highest BCUT2D eigenvalue weighted by atomic mass is 32.1. The third-order valence-corrected chi connectivity index (χ3v) is 6.27. The Morgan fingerprint density at radius 3 is 2.59 bits per heavy atom. The predicted octanol–water partition coefficient (Wildman–Crippen LogP) is 3.16. The van der Waals surface area contributed by atoms with Crippen LogP contribution in [0.3, 0.4) is 0 Å². The van der Waals surface area contributed by atoms with Gasteiger partial charge >= 0.3 is 11.3 Å². The van der Waals surface area contributed by atoms with Crippen LogP contribution in [-0.4, -0.2) is 16.0 Å². The van der Waals surface area contributed by atoms with E-state index in [1.165, 1.54) is 16.0 Å². The Balaban J connectivity index is 1.91. The Morgan fingerprint density at radius 2 is 1.93 bits per heavy atom. The molecule has 0 aliphatic heterocycles. The van der Waals surface area contributed by atoms with E-state index >= 15 is 0 Å². The van der Waals surface area contributed by atoms with Crippen LogP contribution < -0.4 is 16.0 Å². The number of carbonyl (C=O) groups excluding carboxylic acids is 1. The van der Waals surface area contributed by atoms with Crippen molar-refractivity contribution >= 4 is 33.0 Å². The van der Waals surface area contributed by atoms with Crippen LogP contribution in [0, 0.1) is 20.8 Å². The molecule has 3 heterocycles. The number of aryl methyl sites for hydroxylation is 3. The molecule has 3 N–H and O–H groups in total. The van der Waals surface area contributed by atoms with Gasteiger partial charge in [-0.1, -0.05) is 24.6 Å². The van der Waals surface area contributed by atoms with Gasteiger partial charge < -0.3 is 5.73 Å². The summed E-state index contributed by atoms with van der Waals surface area (Å²) >= 11 is 1.20.